The highest BCUT2D eigenvalue weighted by Crippen LogP contribution is 2.50. The Bertz CT molecular complexity index is 3100. The number of alkyl carbamates (subject to hydrolysis) is 2. The van der Waals surface area contributed by atoms with Gasteiger partial charge in [-0.05, 0) is 125 Å². The SMILES string of the molecule is COC(=O)NC(C(=O)N1CCC[C@H]1c1ncc(-c2ccc3c(c2)cc2n3C(c3ccc(C4CC4)s3)Oc3cc(-c4cnc([C@@H]5CCCN5C(=O)[C@@H](NC(=O)OC)C(C)C)[nH]4)cc(F)c3-2)[nH]1)C1CCOC(C)(C)C1. The highest BCUT2D eigenvalue weighted by molar-refractivity contribution is 7.12. The van der Waals surface area contributed by atoms with E-state index in [1.54, 1.807) is 28.6 Å². The smallest absolute Gasteiger partial charge is 0.407 e. The van der Waals surface area contributed by atoms with Gasteiger partial charge in [-0.3, -0.25) is 14.2 Å². The first-order chi connectivity index (χ1) is 35.2. The van der Waals surface area contributed by atoms with Gasteiger partial charge in [-0.2, -0.15) is 0 Å². The lowest BCUT2D eigenvalue weighted by molar-refractivity contribution is -0.139. The number of thiophene rings is 1. The molecule has 1 saturated carbocycles. The molecule has 3 unspecified atom stereocenters. The van der Waals surface area contributed by atoms with E-state index in [-0.39, 0.29) is 35.7 Å². The Hall–Kier alpha value is -6.73. The molecule has 73 heavy (non-hydrogen) atoms. The van der Waals surface area contributed by atoms with Crippen LogP contribution in [0.5, 0.6) is 5.75 Å². The number of fused-ring (bicyclic) bond motifs is 5. The highest BCUT2D eigenvalue weighted by Gasteiger charge is 2.44. The van der Waals surface area contributed by atoms with Gasteiger partial charge in [-0.25, -0.2) is 23.9 Å². The molecule has 11 rings (SSSR count). The molecule has 19 heteroatoms. The fraction of sp³-hybridized carbons (Fsp3) is 0.481. The molecule has 0 bridgehead atoms. The van der Waals surface area contributed by atoms with Crippen LogP contribution in [0, 0.1) is 17.7 Å². The van der Waals surface area contributed by atoms with E-state index in [4.69, 9.17) is 28.9 Å². The number of aromatic nitrogens is 5. The average molecular weight is 1020 g/mol. The monoisotopic (exact) mass is 1020 g/mol. The number of aromatic amines is 2. The zero-order valence-corrected chi connectivity index (χ0v) is 42.8. The van der Waals surface area contributed by atoms with Crippen LogP contribution in [0.15, 0.2) is 60.9 Å². The van der Waals surface area contributed by atoms with Crippen molar-refractivity contribution in [3.8, 4) is 39.5 Å². The van der Waals surface area contributed by atoms with Crippen LogP contribution in [0.4, 0.5) is 14.0 Å². The summed E-state index contributed by atoms with van der Waals surface area (Å²) in [5.74, 6) is 1.06. The Morgan fingerprint density at radius 3 is 2.12 bits per heavy atom. The summed E-state index contributed by atoms with van der Waals surface area (Å²) in [7, 11) is 2.57. The quantitative estimate of drug-likeness (QED) is 0.0916. The summed E-state index contributed by atoms with van der Waals surface area (Å²) in [6.45, 7) is 9.30. The minimum absolute atomic E-state index is 0.127. The lowest BCUT2D eigenvalue weighted by Crippen LogP contribution is -2.54. The van der Waals surface area contributed by atoms with Crippen molar-refractivity contribution < 1.29 is 42.5 Å². The van der Waals surface area contributed by atoms with Gasteiger partial charge in [0.25, 0.3) is 0 Å². The largest absolute Gasteiger partial charge is 0.464 e. The Kier molecular flexibility index (Phi) is 12.8. The van der Waals surface area contributed by atoms with Crippen LogP contribution >= 0.6 is 11.3 Å². The molecule has 384 valence electrons. The van der Waals surface area contributed by atoms with Crippen molar-refractivity contribution in [2.45, 2.75) is 121 Å². The van der Waals surface area contributed by atoms with Crippen molar-refractivity contribution in [3.05, 3.63) is 88.1 Å². The number of carbonyl (C=O) groups excluding carboxylic acids is 4. The van der Waals surface area contributed by atoms with Crippen LogP contribution in [-0.4, -0.2) is 110 Å². The van der Waals surface area contributed by atoms with E-state index in [1.165, 1.54) is 25.2 Å². The Morgan fingerprint density at radius 1 is 0.808 bits per heavy atom. The number of benzene rings is 2. The van der Waals surface area contributed by atoms with Crippen LogP contribution in [0.25, 0.3) is 44.7 Å². The van der Waals surface area contributed by atoms with E-state index < -0.39 is 41.9 Å². The number of amides is 4. The normalized spacial score (nSPS) is 22.1. The molecule has 4 N–H and O–H groups in total. The first-order valence-corrected chi connectivity index (χ1v) is 26.3. The number of likely N-dealkylation sites (tertiary alicyclic amines) is 2. The van der Waals surface area contributed by atoms with Crippen molar-refractivity contribution in [2.24, 2.45) is 11.8 Å². The second-order valence-electron chi connectivity index (χ2n) is 21.1. The number of hydrogen-bond donors (Lipinski definition) is 4. The third-order valence-corrected chi connectivity index (χ3v) is 16.6. The van der Waals surface area contributed by atoms with Crippen LogP contribution in [0.1, 0.15) is 125 Å². The van der Waals surface area contributed by atoms with Crippen LogP contribution in [0.2, 0.25) is 0 Å². The molecule has 4 aromatic heterocycles. The molecular weight excluding hydrogens is 954 g/mol. The molecule has 1 aliphatic carbocycles. The topological polar surface area (TPSA) is 198 Å². The van der Waals surface area contributed by atoms with E-state index in [2.05, 4.69) is 43.4 Å². The number of nitrogens with zero attached hydrogens (tertiary/aromatic N) is 5. The molecule has 0 spiro atoms. The van der Waals surface area contributed by atoms with Crippen molar-refractivity contribution in [1.82, 2.24) is 44.9 Å². The molecular formula is C54H62FN9O8S. The predicted molar refractivity (Wildman–Crippen MR) is 271 cm³/mol. The van der Waals surface area contributed by atoms with Gasteiger partial charge in [-0.1, -0.05) is 19.9 Å². The van der Waals surface area contributed by atoms with Gasteiger partial charge in [0.1, 0.15) is 35.3 Å². The minimum Gasteiger partial charge on any atom is -0.464 e. The molecule has 4 aliphatic heterocycles. The van der Waals surface area contributed by atoms with Gasteiger partial charge < -0.3 is 49.3 Å². The Labute approximate surface area is 426 Å². The van der Waals surface area contributed by atoms with Gasteiger partial charge in [-0.15, -0.1) is 11.3 Å². The number of halogens is 1. The molecule has 17 nitrogen and oxygen atoms in total. The highest BCUT2D eigenvalue weighted by atomic mass is 32.1. The zero-order valence-electron chi connectivity index (χ0n) is 42.0. The Balaban J connectivity index is 0.893. The Morgan fingerprint density at radius 2 is 1.47 bits per heavy atom. The van der Waals surface area contributed by atoms with Crippen LogP contribution in [0.3, 0.4) is 0 Å². The fourth-order valence-electron chi connectivity index (χ4n) is 11.5. The number of methoxy groups -OCH3 is 2. The summed E-state index contributed by atoms with van der Waals surface area (Å²) >= 11 is 1.73. The number of hydrogen-bond acceptors (Lipinski definition) is 11. The molecule has 2 aromatic carbocycles. The summed E-state index contributed by atoms with van der Waals surface area (Å²) in [6.07, 6.45) is 8.09. The van der Waals surface area contributed by atoms with Crippen LogP contribution in [-0.2, 0) is 23.8 Å². The molecule has 8 heterocycles. The summed E-state index contributed by atoms with van der Waals surface area (Å²) < 4.78 is 41.7. The van der Waals surface area contributed by atoms with Gasteiger partial charge in [0, 0.05) is 41.1 Å². The van der Waals surface area contributed by atoms with Gasteiger partial charge in [0.15, 0.2) is 0 Å². The zero-order chi connectivity index (χ0) is 50.9. The molecule has 3 saturated heterocycles. The number of rotatable bonds is 12. The van der Waals surface area contributed by atoms with Crippen LogP contribution < -0.4 is 15.4 Å². The lowest BCUT2D eigenvalue weighted by Gasteiger charge is -2.40. The van der Waals surface area contributed by atoms with Gasteiger partial charge in [0.05, 0.1) is 77.3 Å². The second kappa shape index (κ2) is 19.3. The standard InChI is InChI=1S/C54H62FN9O8S/c1-28(2)45(60-52(67)69-5)49(65)62-18-7-9-38(62)48-57-27-36(59-48)32-22-34(55)44-40-23-33-21-30(13-14-37(33)64(40)51(72-41(44)24-32)43-16-15-42(73-43)29-11-12-29)35-26-56-47(58-35)39-10-8-19-63(39)50(66)46(61-53(68)70-6)31-17-20-71-54(3,4)25-31/h13-16,21-24,26-29,31,38-39,45-46,51H,7-12,17-20,25H2,1-6H3,(H,56,58)(H,57,59)(H,60,67)(H,61,68)/t31?,38-,39-,45-,46?,51?/m0/s1. The van der Waals surface area contributed by atoms with Gasteiger partial charge in [0.2, 0.25) is 18.0 Å². The third-order valence-electron chi connectivity index (χ3n) is 15.3. The van der Waals surface area contributed by atoms with E-state index in [9.17, 15) is 19.2 Å². The summed E-state index contributed by atoms with van der Waals surface area (Å²) in [5, 5.41) is 6.44. The van der Waals surface area contributed by atoms with E-state index >= 15 is 4.39 Å². The maximum absolute atomic E-state index is 17.0. The minimum atomic E-state index is -0.773. The number of carbonyl (C=O) groups is 4. The number of nitrogens with one attached hydrogen (secondary N) is 4. The third kappa shape index (κ3) is 9.23. The first kappa shape index (κ1) is 48.5. The molecule has 6 atom stereocenters. The molecule has 0 radical (unpaired) electrons. The summed E-state index contributed by atoms with van der Waals surface area (Å²) in [5.41, 5.74) is 4.25. The van der Waals surface area contributed by atoms with Gasteiger partial charge >= 0.3 is 12.2 Å². The first-order valence-electron chi connectivity index (χ1n) is 25.5. The average Bonchev–Trinajstić information content (AvgIpc) is 4.11. The summed E-state index contributed by atoms with van der Waals surface area (Å²) in [4.78, 5) is 75.4. The molecule has 5 aliphatic rings. The lowest BCUT2D eigenvalue weighted by atomic mass is 9.82. The number of imidazole rings is 2. The van der Waals surface area contributed by atoms with Crippen molar-refractivity contribution in [1.29, 1.82) is 0 Å². The maximum Gasteiger partial charge on any atom is 0.407 e. The summed E-state index contributed by atoms with van der Waals surface area (Å²) in [6, 6.07) is 13.6. The van der Waals surface area contributed by atoms with Crippen molar-refractivity contribution in [2.75, 3.05) is 33.9 Å². The molecule has 4 fully saturated rings. The molecule has 6 aromatic rings. The number of ether oxygens (including phenoxy) is 4. The van der Waals surface area contributed by atoms with E-state index in [0.717, 1.165) is 52.7 Å². The van der Waals surface area contributed by atoms with E-state index in [1.807, 2.05) is 56.9 Å². The predicted octanol–water partition coefficient (Wildman–Crippen LogP) is 9.74. The second-order valence-corrected chi connectivity index (χ2v) is 22.2. The van der Waals surface area contributed by atoms with E-state index in [0.29, 0.717) is 91.2 Å². The van der Waals surface area contributed by atoms with Crippen molar-refractivity contribution >= 4 is 46.2 Å². The number of H-pyrrole nitrogens is 2. The maximum atomic E-state index is 17.0. The molecule has 4 amide bonds. The fourth-order valence-corrected chi connectivity index (χ4v) is 12.7. The van der Waals surface area contributed by atoms with Crippen molar-refractivity contribution in [3.63, 3.8) is 0 Å².